The number of aliphatic hydroxyl groups is 1. The van der Waals surface area contributed by atoms with Crippen LogP contribution in [0.1, 0.15) is 38.1 Å². The van der Waals surface area contributed by atoms with Crippen LogP contribution in [0.25, 0.3) is 0 Å². The molecule has 7 heteroatoms. The largest absolute Gasteiger partial charge is 0.395 e. The molecule has 0 radical (unpaired) electrons. The first-order valence-corrected chi connectivity index (χ1v) is 7.09. The van der Waals surface area contributed by atoms with Gasteiger partial charge in [0.2, 0.25) is 0 Å². The van der Waals surface area contributed by atoms with Crippen LogP contribution >= 0.6 is 11.5 Å². The second-order valence-electron chi connectivity index (χ2n) is 4.89. The molecule has 4 N–H and O–H groups in total. The number of carbonyl (C=O) groups is 1. The van der Waals surface area contributed by atoms with Crippen molar-refractivity contribution in [3.05, 3.63) is 5.56 Å². The fourth-order valence-corrected chi connectivity index (χ4v) is 2.71. The molecular weight excluding hydrogens is 264 g/mol. The molecule has 0 unspecified atom stereocenters. The maximum atomic E-state index is 12.2. The summed E-state index contributed by atoms with van der Waals surface area (Å²) in [6.45, 7) is 8.23. The zero-order chi connectivity index (χ0) is 14.6. The normalized spacial score (nSPS) is 11.1. The predicted molar refractivity (Wildman–Crippen MR) is 78.7 cm³/mol. The number of nitrogens with one attached hydrogen (secondary N) is 1. The number of carbonyl (C=O) groups excluding carboxylic acids is 1. The molecule has 1 aromatic heterocycles. The SMILES string of the molecule is CC(C)NC(=O)c1c(N)nsc1N(CCO)C(C)C. The van der Waals surface area contributed by atoms with Crippen LogP contribution in [0.3, 0.4) is 0 Å². The van der Waals surface area contributed by atoms with Crippen molar-refractivity contribution >= 4 is 28.3 Å². The van der Waals surface area contributed by atoms with E-state index in [-0.39, 0.29) is 30.4 Å². The summed E-state index contributed by atoms with van der Waals surface area (Å²) < 4.78 is 4.07. The smallest absolute Gasteiger partial charge is 0.258 e. The van der Waals surface area contributed by atoms with Gasteiger partial charge in [0.15, 0.2) is 5.82 Å². The first-order chi connectivity index (χ1) is 8.88. The minimum Gasteiger partial charge on any atom is -0.395 e. The van der Waals surface area contributed by atoms with Gasteiger partial charge in [-0.25, -0.2) is 0 Å². The van der Waals surface area contributed by atoms with Crippen molar-refractivity contribution in [2.75, 3.05) is 23.8 Å². The molecule has 0 fully saturated rings. The van der Waals surface area contributed by atoms with E-state index in [4.69, 9.17) is 10.8 Å². The second kappa shape index (κ2) is 6.72. The number of aromatic nitrogens is 1. The Morgan fingerprint density at radius 2 is 2.11 bits per heavy atom. The summed E-state index contributed by atoms with van der Waals surface area (Å²) in [4.78, 5) is 14.1. The molecular formula is C12H22N4O2S. The number of nitrogens with zero attached hydrogens (tertiary/aromatic N) is 2. The van der Waals surface area contributed by atoms with Crippen LogP contribution in [0.2, 0.25) is 0 Å². The van der Waals surface area contributed by atoms with Gasteiger partial charge in [-0.3, -0.25) is 4.79 Å². The lowest BCUT2D eigenvalue weighted by molar-refractivity contribution is 0.0944. The molecule has 0 atom stereocenters. The van der Waals surface area contributed by atoms with Crippen molar-refractivity contribution in [1.82, 2.24) is 9.69 Å². The molecule has 6 nitrogen and oxygen atoms in total. The number of anilines is 2. The third kappa shape index (κ3) is 3.81. The number of nitrogen functional groups attached to an aromatic ring is 1. The van der Waals surface area contributed by atoms with E-state index in [9.17, 15) is 4.79 Å². The van der Waals surface area contributed by atoms with E-state index in [1.807, 2.05) is 32.6 Å². The number of hydrogen-bond donors (Lipinski definition) is 3. The summed E-state index contributed by atoms with van der Waals surface area (Å²) in [6, 6.07) is 0.183. The molecule has 1 rings (SSSR count). The lowest BCUT2D eigenvalue weighted by Crippen LogP contribution is -2.36. The molecule has 108 valence electrons. The highest BCUT2D eigenvalue weighted by Gasteiger charge is 2.25. The van der Waals surface area contributed by atoms with E-state index < -0.39 is 0 Å². The van der Waals surface area contributed by atoms with Gasteiger partial charge in [-0.1, -0.05) is 0 Å². The Morgan fingerprint density at radius 3 is 2.58 bits per heavy atom. The summed E-state index contributed by atoms with van der Waals surface area (Å²) in [5.41, 5.74) is 6.20. The van der Waals surface area contributed by atoms with Crippen molar-refractivity contribution in [1.29, 1.82) is 0 Å². The molecule has 0 aliphatic carbocycles. The van der Waals surface area contributed by atoms with Crippen LogP contribution in [-0.2, 0) is 0 Å². The number of aliphatic hydroxyl groups excluding tert-OH is 1. The Morgan fingerprint density at radius 1 is 1.47 bits per heavy atom. The first-order valence-electron chi connectivity index (χ1n) is 6.32. The van der Waals surface area contributed by atoms with Gasteiger partial charge in [-0.15, -0.1) is 0 Å². The summed E-state index contributed by atoms with van der Waals surface area (Å²) >= 11 is 1.19. The van der Waals surface area contributed by atoms with Gasteiger partial charge in [-0.2, -0.15) is 4.37 Å². The Hall–Kier alpha value is -1.34. The van der Waals surface area contributed by atoms with E-state index in [1.165, 1.54) is 11.5 Å². The summed E-state index contributed by atoms with van der Waals surface area (Å²) in [6.07, 6.45) is 0. The number of rotatable bonds is 6. The maximum absolute atomic E-state index is 12.2. The van der Waals surface area contributed by atoms with Gasteiger partial charge in [0.25, 0.3) is 5.91 Å². The molecule has 1 heterocycles. The second-order valence-corrected chi connectivity index (χ2v) is 5.64. The van der Waals surface area contributed by atoms with Gasteiger partial charge < -0.3 is 21.1 Å². The van der Waals surface area contributed by atoms with Gasteiger partial charge >= 0.3 is 0 Å². The van der Waals surface area contributed by atoms with Crippen LogP contribution in [0, 0.1) is 0 Å². The Kier molecular flexibility index (Phi) is 5.56. The van der Waals surface area contributed by atoms with Crippen LogP contribution < -0.4 is 16.0 Å². The maximum Gasteiger partial charge on any atom is 0.258 e. The number of nitrogens with two attached hydrogens (primary N) is 1. The number of amides is 1. The number of hydrogen-bond acceptors (Lipinski definition) is 6. The Balaban J connectivity index is 3.11. The highest BCUT2D eigenvalue weighted by atomic mass is 32.1. The Labute approximate surface area is 117 Å². The molecule has 0 aliphatic heterocycles. The van der Waals surface area contributed by atoms with Gasteiger partial charge in [0.1, 0.15) is 10.6 Å². The third-order valence-corrected chi connectivity index (χ3v) is 3.47. The highest BCUT2D eigenvalue weighted by Crippen LogP contribution is 2.31. The van der Waals surface area contributed by atoms with Crippen molar-refractivity contribution in [2.45, 2.75) is 39.8 Å². The monoisotopic (exact) mass is 286 g/mol. The molecule has 0 aliphatic rings. The van der Waals surface area contributed by atoms with E-state index >= 15 is 0 Å². The van der Waals surface area contributed by atoms with Gasteiger partial charge in [0.05, 0.1) is 6.61 Å². The van der Waals surface area contributed by atoms with E-state index in [0.29, 0.717) is 17.1 Å². The van der Waals surface area contributed by atoms with E-state index in [1.54, 1.807) is 0 Å². The topological polar surface area (TPSA) is 91.5 Å². The quantitative estimate of drug-likeness (QED) is 0.727. The summed E-state index contributed by atoms with van der Waals surface area (Å²) in [5, 5.41) is 12.7. The molecule has 19 heavy (non-hydrogen) atoms. The first kappa shape index (κ1) is 15.7. The predicted octanol–water partition coefficient (Wildman–Crippen LogP) is 1.07. The fourth-order valence-electron chi connectivity index (χ4n) is 1.74. The molecule has 0 bridgehead atoms. The minimum absolute atomic E-state index is 0.0151. The van der Waals surface area contributed by atoms with Crippen molar-refractivity contribution in [2.24, 2.45) is 0 Å². The van der Waals surface area contributed by atoms with Gasteiger partial charge in [-0.05, 0) is 39.2 Å². The lowest BCUT2D eigenvalue weighted by Gasteiger charge is -2.27. The average Bonchev–Trinajstić information content (AvgIpc) is 2.66. The summed E-state index contributed by atoms with van der Waals surface area (Å²) in [7, 11) is 0. The average molecular weight is 286 g/mol. The van der Waals surface area contributed by atoms with E-state index in [2.05, 4.69) is 9.69 Å². The minimum atomic E-state index is -0.222. The van der Waals surface area contributed by atoms with Crippen molar-refractivity contribution < 1.29 is 9.90 Å². The van der Waals surface area contributed by atoms with Crippen LogP contribution in [0.15, 0.2) is 0 Å². The van der Waals surface area contributed by atoms with Gasteiger partial charge in [0, 0.05) is 18.6 Å². The lowest BCUT2D eigenvalue weighted by atomic mass is 10.2. The third-order valence-electron chi connectivity index (χ3n) is 2.57. The van der Waals surface area contributed by atoms with Crippen LogP contribution in [-0.4, -0.2) is 40.6 Å². The molecule has 1 aromatic rings. The van der Waals surface area contributed by atoms with Crippen molar-refractivity contribution in [3.8, 4) is 0 Å². The summed E-state index contributed by atoms with van der Waals surface area (Å²) in [5.74, 6) is 0.0154. The zero-order valence-corrected chi connectivity index (χ0v) is 12.6. The van der Waals surface area contributed by atoms with Crippen molar-refractivity contribution in [3.63, 3.8) is 0 Å². The Bertz CT molecular complexity index is 431. The zero-order valence-electron chi connectivity index (χ0n) is 11.8. The standard InChI is InChI=1S/C12H22N4O2S/c1-7(2)14-11(18)9-10(13)15-19-12(9)16(5-6-17)8(3)4/h7-8,17H,5-6H2,1-4H3,(H2,13,15)(H,14,18). The molecule has 0 spiro atoms. The molecule has 0 saturated carbocycles. The van der Waals surface area contributed by atoms with E-state index in [0.717, 1.165) is 0 Å². The molecule has 0 aromatic carbocycles. The molecule has 1 amide bonds. The van der Waals surface area contributed by atoms with Crippen LogP contribution in [0.5, 0.6) is 0 Å². The molecule has 0 saturated heterocycles. The highest BCUT2D eigenvalue weighted by molar-refractivity contribution is 7.11. The fraction of sp³-hybridized carbons (Fsp3) is 0.667. The van der Waals surface area contributed by atoms with Crippen LogP contribution in [0.4, 0.5) is 10.8 Å².